The van der Waals surface area contributed by atoms with Gasteiger partial charge in [-0.3, -0.25) is 4.90 Å². The van der Waals surface area contributed by atoms with Gasteiger partial charge in [-0.05, 0) is 23.9 Å². The maximum Gasteiger partial charge on any atom is 0.162 e. The van der Waals surface area contributed by atoms with Crippen molar-refractivity contribution in [2.45, 2.75) is 26.4 Å². The number of hydrogen-bond donors (Lipinski definition) is 0. The number of hydrogen-bond acceptors (Lipinski definition) is 6. The van der Waals surface area contributed by atoms with E-state index in [0.717, 1.165) is 37.3 Å². The summed E-state index contributed by atoms with van der Waals surface area (Å²) < 4.78 is 1.38. The van der Waals surface area contributed by atoms with Crippen LogP contribution in [0.1, 0.15) is 21.7 Å². The maximum atomic E-state index is 4.76. The Hall–Kier alpha value is -2.70. The first-order chi connectivity index (χ1) is 13.3. The summed E-state index contributed by atoms with van der Waals surface area (Å²) in [4.78, 5) is 21.4. The number of thiophene rings is 1. The van der Waals surface area contributed by atoms with Crippen LogP contribution in [0.3, 0.4) is 0 Å². The molecular formula is C21H19N5S. The molecule has 5 nitrogen and oxygen atoms in total. The van der Waals surface area contributed by atoms with Crippen molar-refractivity contribution >= 4 is 21.4 Å². The van der Waals surface area contributed by atoms with Crippen molar-refractivity contribution in [3.63, 3.8) is 0 Å². The summed E-state index contributed by atoms with van der Waals surface area (Å²) in [7, 11) is 0. The van der Waals surface area contributed by atoms with Gasteiger partial charge in [0.25, 0.3) is 0 Å². The van der Waals surface area contributed by atoms with Gasteiger partial charge in [-0.25, -0.2) is 19.9 Å². The highest BCUT2D eigenvalue weighted by Crippen LogP contribution is 2.32. The van der Waals surface area contributed by atoms with Gasteiger partial charge in [0.2, 0.25) is 0 Å². The average Bonchev–Trinajstić information content (AvgIpc) is 3.04. The topological polar surface area (TPSA) is 54.8 Å². The standard InChI is InChI=1S/C21H19N5S/c1-14-17-4-2-3-5-19(17)27-20(14)12-26-7-6-18-16(11-26)10-24-21(25-18)15-8-22-13-23-9-15/h2-5,8-10,13H,6-7,11-12H2,1H3. The smallest absolute Gasteiger partial charge is 0.162 e. The predicted molar refractivity (Wildman–Crippen MR) is 107 cm³/mol. The Bertz CT molecular complexity index is 1110. The van der Waals surface area contributed by atoms with Crippen molar-refractivity contribution in [1.82, 2.24) is 24.8 Å². The highest BCUT2D eigenvalue weighted by atomic mass is 32.1. The van der Waals surface area contributed by atoms with Crippen LogP contribution in [0.25, 0.3) is 21.5 Å². The first-order valence-electron chi connectivity index (χ1n) is 9.07. The molecule has 1 aromatic carbocycles. The van der Waals surface area contributed by atoms with E-state index < -0.39 is 0 Å². The summed E-state index contributed by atoms with van der Waals surface area (Å²) >= 11 is 1.91. The third-order valence-corrected chi connectivity index (χ3v) is 6.40. The van der Waals surface area contributed by atoms with Crippen LogP contribution in [-0.2, 0) is 19.5 Å². The summed E-state index contributed by atoms with van der Waals surface area (Å²) in [5, 5.41) is 1.38. The Morgan fingerprint density at radius 2 is 1.96 bits per heavy atom. The molecule has 1 aliphatic rings. The number of aryl methyl sites for hydroxylation is 1. The van der Waals surface area contributed by atoms with Gasteiger partial charge in [-0.2, -0.15) is 0 Å². The van der Waals surface area contributed by atoms with Crippen LogP contribution in [-0.4, -0.2) is 31.4 Å². The number of nitrogens with zero attached hydrogens (tertiary/aromatic N) is 5. The fourth-order valence-electron chi connectivity index (χ4n) is 3.64. The molecule has 0 amide bonds. The van der Waals surface area contributed by atoms with Gasteiger partial charge in [-0.1, -0.05) is 18.2 Å². The highest BCUT2D eigenvalue weighted by Gasteiger charge is 2.20. The minimum atomic E-state index is 0.711. The molecule has 5 rings (SSSR count). The van der Waals surface area contributed by atoms with Gasteiger partial charge in [-0.15, -0.1) is 11.3 Å². The third-order valence-electron chi connectivity index (χ3n) is 5.14. The van der Waals surface area contributed by atoms with Gasteiger partial charge in [0.05, 0.1) is 11.3 Å². The lowest BCUT2D eigenvalue weighted by Gasteiger charge is -2.27. The monoisotopic (exact) mass is 373 g/mol. The molecule has 0 saturated heterocycles. The van der Waals surface area contributed by atoms with Crippen LogP contribution in [0.2, 0.25) is 0 Å². The Balaban J connectivity index is 1.37. The number of rotatable bonds is 3. The van der Waals surface area contributed by atoms with Gasteiger partial charge >= 0.3 is 0 Å². The molecule has 0 N–H and O–H groups in total. The lowest BCUT2D eigenvalue weighted by atomic mass is 10.1. The van der Waals surface area contributed by atoms with E-state index in [-0.39, 0.29) is 0 Å². The van der Waals surface area contributed by atoms with Crippen LogP contribution in [0, 0.1) is 6.92 Å². The van der Waals surface area contributed by atoms with E-state index in [1.807, 2.05) is 17.5 Å². The fraction of sp³-hybridized carbons (Fsp3) is 0.238. The lowest BCUT2D eigenvalue weighted by molar-refractivity contribution is 0.245. The molecule has 6 heteroatoms. The minimum absolute atomic E-state index is 0.711. The number of benzene rings is 1. The van der Waals surface area contributed by atoms with Crippen molar-refractivity contribution in [2.75, 3.05) is 6.54 Å². The van der Waals surface area contributed by atoms with Gasteiger partial charge < -0.3 is 0 Å². The second kappa shape index (κ2) is 6.79. The fourth-order valence-corrected chi connectivity index (χ4v) is 4.90. The molecule has 0 radical (unpaired) electrons. The van der Waals surface area contributed by atoms with Crippen molar-refractivity contribution in [2.24, 2.45) is 0 Å². The van der Waals surface area contributed by atoms with Crippen LogP contribution < -0.4 is 0 Å². The zero-order valence-electron chi connectivity index (χ0n) is 15.1. The Kier molecular flexibility index (Phi) is 4.14. The zero-order valence-corrected chi connectivity index (χ0v) is 15.9. The normalized spacial score (nSPS) is 14.4. The number of fused-ring (bicyclic) bond motifs is 2. The molecule has 0 saturated carbocycles. The van der Waals surface area contributed by atoms with E-state index in [1.165, 1.54) is 32.4 Å². The first kappa shape index (κ1) is 16.5. The van der Waals surface area contributed by atoms with E-state index in [9.17, 15) is 0 Å². The zero-order chi connectivity index (χ0) is 18.2. The van der Waals surface area contributed by atoms with E-state index in [2.05, 4.69) is 51.0 Å². The molecule has 1 aliphatic heterocycles. The number of aromatic nitrogens is 4. The van der Waals surface area contributed by atoms with E-state index >= 15 is 0 Å². The predicted octanol–water partition coefficient (Wildman–Crippen LogP) is 4.02. The van der Waals surface area contributed by atoms with Crippen LogP contribution in [0.5, 0.6) is 0 Å². The molecule has 0 unspecified atom stereocenters. The van der Waals surface area contributed by atoms with Crippen molar-refractivity contribution in [1.29, 1.82) is 0 Å². The van der Waals surface area contributed by atoms with Crippen LogP contribution >= 0.6 is 11.3 Å². The summed E-state index contributed by atoms with van der Waals surface area (Å²) in [5.74, 6) is 0.711. The molecule has 4 heterocycles. The largest absolute Gasteiger partial charge is 0.293 e. The lowest BCUT2D eigenvalue weighted by Crippen LogP contribution is -2.30. The quantitative estimate of drug-likeness (QED) is 0.543. The maximum absolute atomic E-state index is 4.76. The molecule has 0 spiro atoms. The van der Waals surface area contributed by atoms with E-state index in [1.54, 1.807) is 12.4 Å². The molecule has 0 aliphatic carbocycles. The summed E-state index contributed by atoms with van der Waals surface area (Å²) in [6.45, 7) is 5.14. The Labute approximate surface area is 161 Å². The second-order valence-electron chi connectivity index (χ2n) is 6.90. The van der Waals surface area contributed by atoms with Crippen molar-refractivity contribution in [3.8, 4) is 11.4 Å². The van der Waals surface area contributed by atoms with Gasteiger partial charge in [0.15, 0.2) is 5.82 Å². The molecule has 3 aromatic heterocycles. The SMILES string of the molecule is Cc1c(CN2CCc3nc(-c4cncnc4)ncc3C2)sc2ccccc12. The summed E-state index contributed by atoms with van der Waals surface area (Å²) in [5.41, 5.74) is 4.65. The van der Waals surface area contributed by atoms with E-state index in [0.29, 0.717) is 5.82 Å². The van der Waals surface area contributed by atoms with E-state index in [4.69, 9.17) is 4.98 Å². The van der Waals surface area contributed by atoms with Gasteiger partial charge in [0, 0.05) is 59.8 Å². The van der Waals surface area contributed by atoms with Crippen molar-refractivity contribution < 1.29 is 0 Å². The van der Waals surface area contributed by atoms with Crippen LogP contribution in [0.15, 0.2) is 49.2 Å². The van der Waals surface area contributed by atoms with Crippen molar-refractivity contribution in [3.05, 3.63) is 70.9 Å². The molecule has 0 bridgehead atoms. The highest BCUT2D eigenvalue weighted by molar-refractivity contribution is 7.19. The Morgan fingerprint density at radius 3 is 2.81 bits per heavy atom. The molecule has 0 atom stereocenters. The molecule has 134 valence electrons. The van der Waals surface area contributed by atoms with Crippen LogP contribution in [0.4, 0.5) is 0 Å². The summed E-state index contributed by atoms with van der Waals surface area (Å²) in [6.07, 6.45) is 7.95. The first-order valence-corrected chi connectivity index (χ1v) is 9.89. The van der Waals surface area contributed by atoms with Gasteiger partial charge in [0.1, 0.15) is 6.33 Å². The molecule has 4 aromatic rings. The minimum Gasteiger partial charge on any atom is -0.293 e. The Morgan fingerprint density at radius 1 is 1.11 bits per heavy atom. The molecule has 27 heavy (non-hydrogen) atoms. The molecule has 0 fully saturated rings. The average molecular weight is 373 g/mol. The second-order valence-corrected chi connectivity index (χ2v) is 8.04. The third kappa shape index (κ3) is 3.11. The summed E-state index contributed by atoms with van der Waals surface area (Å²) in [6, 6.07) is 8.67. The molecular weight excluding hydrogens is 354 g/mol.